The van der Waals surface area contributed by atoms with E-state index in [1.54, 1.807) is 13.0 Å². The summed E-state index contributed by atoms with van der Waals surface area (Å²) >= 11 is 0. The molecule has 0 bridgehead atoms. The van der Waals surface area contributed by atoms with E-state index in [4.69, 9.17) is 4.74 Å². The first-order valence-corrected chi connectivity index (χ1v) is 8.10. The van der Waals surface area contributed by atoms with Gasteiger partial charge in [0.05, 0.1) is 6.61 Å². The average molecular weight is 325 g/mol. The number of nitrogens with one attached hydrogen (secondary N) is 1. The second-order valence-corrected chi connectivity index (χ2v) is 5.77. The van der Waals surface area contributed by atoms with E-state index in [1.807, 2.05) is 56.3 Å². The van der Waals surface area contributed by atoms with Gasteiger partial charge >= 0.3 is 5.97 Å². The minimum absolute atomic E-state index is 0.271. The van der Waals surface area contributed by atoms with E-state index in [1.165, 1.54) is 0 Å². The molecule has 2 aromatic carbocycles. The predicted molar refractivity (Wildman–Crippen MR) is 93.9 cm³/mol. The van der Waals surface area contributed by atoms with Gasteiger partial charge in [-0.05, 0) is 49.6 Å². The number of ether oxygens (including phenoxy) is 1. The smallest absolute Gasteiger partial charge is 0.328 e. The second-order valence-electron chi connectivity index (χ2n) is 5.77. The van der Waals surface area contributed by atoms with Crippen LogP contribution in [0.2, 0.25) is 0 Å². The minimum atomic E-state index is -0.707. The number of hydrogen-bond donors (Lipinski definition) is 1. The van der Waals surface area contributed by atoms with Crippen molar-refractivity contribution >= 4 is 11.9 Å². The number of carbonyl (C=O) groups is 2. The first-order chi connectivity index (χ1) is 11.5. The molecule has 4 nitrogen and oxygen atoms in total. The number of aryl methyl sites for hydroxylation is 2. The molecule has 0 aromatic heterocycles. The molecular weight excluding hydrogens is 302 g/mol. The summed E-state index contributed by atoms with van der Waals surface area (Å²) < 4.78 is 5.10. The zero-order chi connectivity index (χ0) is 17.5. The van der Waals surface area contributed by atoms with Gasteiger partial charge in [-0.2, -0.15) is 0 Å². The molecule has 0 unspecified atom stereocenters. The number of benzene rings is 2. The van der Waals surface area contributed by atoms with Gasteiger partial charge in [0.25, 0.3) is 5.91 Å². The van der Waals surface area contributed by atoms with Crippen LogP contribution in [0.3, 0.4) is 0 Å². The van der Waals surface area contributed by atoms with Gasteiger partial charge in [0.1, 0.15) is 6.04 Å². The highest BCUT2D eigenvalue weighted by Crippen LogP contribution is 2.11. The van der Waals surface area contributed by atoms with Crippen LogP contribution in [0.5, 0.6) is 0 Å². The van der Waals surface area contributed by atoms with Gasteiger partial charge < -0.3 is 10.1 Å². The van der Waals surface area contributed by atoms with Crippen LogP contribution in [0.4, 0.5) is 0 Å². The Morgan fingerprint density at radius 2 is 1.75 bits per heavy atom. The molecular formula is C20H23NO3. The molecule has 0 fully saturated rings. The third-order valence-electron chi connectivity index (χ3n) is 3.93. The molecule has 4 heteroatoms. The van der Waals surface area contributed by atoms with Gasteiger partial charge in [0.15, 0.2) is 0 Å². The minimum Gasteiger partial charge on any atom is -0.464 e. The van der Waals surface area contributed by atoms with Crippen LogP contribution in [-0.2, 0) is 16.0 Å². The topological polar surface area (TPSA) is 55.4 Å². The Labute approximate surface area is 142 Å². The quantitative estimate of drug-likeness (QED) is 0.830. The van der Waals surface area contributed by atoms with E-state index in [0.29, 0.717) is 12.0 Å². The van der Waals surface area contributed by atoms with Crippen molar-refractivity contribution in [3.05, 3.63) is 70.8 Å². The SMILES string of the molecule is CCOC(=O)[C@H](Cc1ccccc1)NC(=O)c1ccc(C)c(C)c1. The molecule has 1 N–H and O–H groups in total. The van der Waals surface area contributed by atoms with Crippen LogP contribution in [-0.4, -0.2) is 24.5 Å². The van der Waals surface area contributed by atoms with E-state index in [0.717, 1.165) is 16.7 Å². The maximum absolute atomic E-state index is 12.5. The van der Waals surface area contributed by atoms with Crippen molar-refractivity contribution in [2.45, 2.75) is 33.2 Å². The Morgan fingerprint density at radius 3 is 2.38 bits per heavy atom. The largest absolute Gasteiger partial charge is 0.464 e. The molecule has 2 aromatic rings. The summed E-state index contributed by atoms with van der Waals surface area (Å²) in [7, 11) is 0. The van der Waals surface area contributed by atoms with Crippen molar-refractivity contribution in [2.24, 2.45) is 0 Å². The Kier molecular flexibility index (Phi) is 6.13. The van der Waals surface area contributed by atoms with Crippen molar-refractivity contribution in [3.8, 4) is 0 Å². The van der Waals surface area contributed by atoms with Crippen LogP contribution < -0.4 is 5.32 Å². The van der Waals surface area contributed by atoms with Crippen LogP contribution >= 0.6 is 0 Å². The van der Waals surface area contributed by atoms with Crippen molar-refractivity contribution in [2.75, 3.05) is 6.61 Å². The highest BCUT2D eigenvalue weighted by Gasteiger charge is 2.23. The van der Waals surface area contributed by atoms with Gasteiger partial charge in [-0.1, -0.05) is 36.4 Å². The van der Waals surface area contributed by atoms with Crippen LogP contribution in [0.15, 0.2) is 48.5 Å². The first kappa shape index (κ1) is 17.7. The fourth-order valence-electron chi connectivity index (χ4n) is 2.41. The highest BCUT2D eigenvalue weighted by molar-refractivity contribution is 5.97. The highest BCUT2D eigenvalue weighted by atomic mass is 16.5. The summed E-state index contributed by atoms with van der Waals surface area (Å²) in [5, 5.41) is 2.80. The molecule has 0 aliphatic carbocycles. The Bertz CT molecular complexity index is 710. The summed E-state index contributed by atoms with van der Waals surface area (Å²) in [6, 6.07) is 14.4. The molecule has 1 atom stereocenters. The van der Waals surface area contributed by atoms with Gasteiger partial charge in [-0.3, -0.25) is 4.79 Å². The number of hydrogen-bond acceptors (Lipinski definition) is 3. The summed E-state index contributed by atoms with van der Waals surface area (Å²) in [5.41, 5.74) is 3.67. The lowest BCUT2D eigenvalue weighted by Crippen LogP contribution is -2.43. The molecule has 1 amide bonds. The maximum Gasteiger partial charge on any atom is 0.328 e. The van der Waals surface area contributed by atoms with Gasteiger partial charge in [-0.25, -0.2) is 4.79 Å². The molecule has 0 aliphatic rings. The zero-order valence-corrected chi connectivity index (χ0v) is 14.3. The first-order valence-electron chi connectivity index (χ1n) is 8.10. The lowest BCUT2D eigenvalue weighted by molar-refractivity contribution is -0.145. The van der Waals surface area contributed by atoms with E-state index in [-0.39, 0.29) is 12.5 Å². The van der Waals surface area contributed by atoms with E-state index in [2.05, 4.69) is 5.32 Å². The standard InChI is InChI=1S/C20H23NO3/c1-4-24-20(23)18(13-16-8-6-5-7-9-16)21-19(22)17-11-10-14(2)15(3)12-17/h5-12,18H,4,13H2,1-3H3,(H,21,22)/t18-/m0/s1. The lowest BCUT2D eigenvalue weighted by atomic mass is 10.0. The van der Waals surface area contributed by atoms with Crippen molar-refractivity contribution in [3.63, 3.8) is 0 Å². The summed E-state index contributed by atoms with van der Waals surface area (Å²) in [4.78, 5) is 24.7. The molecule has 0 saturated carbocycles. The molecule has 24 heavy (non-hydrogen) atoms. The van der Waals surface area contributed by atoms with Crippen LogP contribution in [0, 0.1) is 13.8 Å². The monoisotopic (exact) mass is 325 g/mol. The number of esters is 1. The second kappa shape index (κ2) is 8.29. The van der Waals surface area contributed by atoms with Crippen molar-refractivity contribution in [1.29, 1.82) is 0 Å². The molecule has 0 saturated heterocycles. The molecule has 0 spiro atoms. The Hall–Kier alpha value is -2.62. The Balaban J connectivity index is 2.15. The summed E-state index contributed by atoms with van der Waals surface area (Å²) in [5.74, 6) is -0.689. The number of carbonyl (C=O) groups excluding carboxylic acids is 2. The fourth-order valence-corrected chi connectivity index (χ4v) is 2.41. The van der Waals surface area contributed by atoms with Gasteiger partial charge in [0, 0.05) is 12.0 Å². The summed E-state index contributed by atoms with van der Waals surface area (Å²) in [6.45, 7) is 5.99. The van der Waals surface area contributed by atoms with Crippen molar-refractivity contribution in [1.82, 2.24) is 5.32 Å². The lowest BCUT2D eigenvalue weighted by Gasteiger charge is -2.18. The van der Waals surface area contributed by atoms with Crippen LogP contribution in [0.25, 0.3) is 0 Å². The molecule has 2 rings (SSSR count). The fraction of sp³-hybridized carbons (Fsp3) is 0.300. The van der Waals surface area contributed by atoms with E-state index in [9.17, 15) is 9.59 Å². The third-order valence-corrected chi connectivity index (χ3v) is 3.93. The zero-order valence-electron chi connectivity index (χ0n) is 14.3. The number of rotatable bonds is 6. The molecule has 126 valence electrons. The van der Waals surface area contributed by atoms with Crippen LogP contribution in [0.1, 0.15) is 34.0 Å². The third kappa shape index (κ3) is 4.69. The van der Waals surface area contributed by atoms with Crippen molar-refractivity contribution < 1.29 is 14.3 Å². The van der Waals surface area contributed by atoms with E-state index >= 15 is 0 Å². The van der Waals surface area contributed by atoms with Gasteiger partial charge in [-0.15, -0.1) is 0 Å². The normalized spacial score (nSPS) is 11.6. The number of amides is 1. The molecule has 0 aliphatic heterocycles. The van der Waals surface area contributed by atoms with Gasteiger partial charge in [0.2, 0.25) is 0 Å². The summed E-state index contributed by atoms with van der Waals surface area (Å²) in [6.07, 6.45) is 0.399. The maximum atomic E-state index is 12.5. The predicted octanol–water partition coefficient (Wildman–Crippen LogP) is 3.21. The molecule has 0 radical (unpaired) electrons. The average Bonchev–Trinajstić information content (AvgIpc) is 2.57. The Morgan fingerprint density at radius 1 is 1.04 bits per heavy atom. The molecule has 0 heterocycles. The van der Waals surface area contributed by atoms with E-state index < -0.39 is 12.0 Å².